The van der Waals surface area contributed by atoms with Gasteiger partial charge in [-0.15, -0.1) is 11.3 Å². The maximum atomic E-state index is 3.45. The summed E-state index contributed by atoms with van der Waals surface area (Å²) >= 11 is 4.27. The minimum absolute atomic E-state index is 1.04. The third-order valence-corrected chi connectivity index (χ3v) is 3.51. The van der Waals surface area contributed by atoms with Crippen molar-refractivity contribution in [2.24, 2.45) is 0 Å². The number of hydrogen-bond donors (Lipinski definition) is 1. The second-order valence-corrected chi connectivity index (χ2v) is 5.12. The number of nitrogens with one attached hydrogen (secondary N) is 1. The molecule has 0 unspecified atom stereocenters. The summed E-state index contributed by atoms with van der Waals surface area (Å²) in [5, 5.41) is 5.59. The molecule has 0 saturated carbocycles. The second-order valence-electron chi connectivity index (χ2n) is 3.01. The fourth-order valence-electron chi connectivity index (χ4n) is 1.15. The lowest BCUT2D eigenvalue weighted by atomic mass is 10.2. The molecule has 13 heavy (non-hydrogen) atoms. The molecule has 0 spiro atoms. The Balaban J connectivity index is 1.90. The predicted octanol–water partition coefficient (Wildman–Crippen LogP) is 3.44. The number of alkyl halides is 1. The Bertz CT molecular complexity index is 199. The molecule has 0 aromatic carbocycles. The van der Waals surface area contributed by atoms with E-state index in [4.69, 9.17) is 0 Å². The summed E-state index contributed by atoms with van der Waals surface area (Å²) in [6.45, 7) is 2.20. The van der Waals surface area contributed by atoms with Gasteiger partial charge in [-0.2, -0.15) is 0 Å². The van der Waals surface area contributed by atoms with Gasteiger partial charge in [0.2, 0.25) is 0 Å². The molecule has 0 fully saturated rings. The fraction of sp³-hybridized carbons (Fsp3) is 0.600. The van der Waals surface area contributed by atoms with Gasteiger partial charge in [0.15, 0.2) is 0 Å². The Morgan fingerprint density at radius 1 is 1.31 bits per heavy atom. The van der Waals surface area contributed by atoms with Crippen LogP contribution in [0.4, 0.5) is 0 Å². The molecule has 3 heteroatoms. The molecule has 1 aromatic rings. The summed E-state index contributed by atoms with van der Waals surface area (Å²) in [6, 6.07) is 4.29. The molecule has 0 aliphatic heterocycles. The minimum Gasteiger partial charge on any atom is -0.312 e. The summed E-state index contributed by atoms with van der Waals surface area (Å²) in [6.07, 6.45) is 4.04. The highest BCUT2D eigenvalue weighted by atomic mass is 127. The van der Waals surface area contributed by atoms with Gasteiger partial charge in [0.25, 0.3) is 0 Å². The van der Waals surface area contributed by atoms with Crippen molar-refractivity contribution in [1.82, 2.24) is 5.32 Å². The molecule has 0 amide bonds. The molecule has 1 rings (SSSR count). The van der Waals surface area contributed by atoms with Gasteiger partial charge in [-0.05, 0) is 35.3 Å². The quantitative estimate of drug-likeness (QED) is 0.462. The number of rotatable bonds is 7. The minimum atomic E-state index is 1.04. The molecule has 0 atom stereocenters. The van der Waals surface area contributed by atoms with Gasteiger partial charge in [0, 0.05) is 11.4 Å². The van der Waals surface area contributed by atoms with Gasteiger partial charge in [-0.3, -0.25) is 0 Å². The molecule has 1 aromatic heterocycles. The highest BCUT2D eigenvalue weighted by Crippen LogP contribution is 2.07. The van der Waals surface area contributed by atoms with Crippen LogP contribution in [0.2, 0.25) is 0 Å². The van der Waals surface area contributed by atoms with E-state index in [0.29, 0.717) is 0 Å². The molecule has 0 aliphatic rings. The van der Waals surface area contributed by atoms with Gasteiger partial charge in [-0.1, -0.05) is 35.1 Å². The van der Waals surface area contributed by atoms with Crippen LogP contribution < -0.4 is 5.32 Å². The molecule has 1 N–H and O–H groups in total. The fourth-order valence-corrected chi connectivity index (χ4v) is 2.36. The zero-order valence-electron chi connectivity index (χ0n) is 7.76. The lowest BCUT2D eigenvalue weighted by molar-refractivity contribution is 0.623. The summed E-state index contributed by atoms with van der Waals surface area (Å²) in [5.41, 5.74) is 0. The third kappa shape index (κ3) is 5.65. The van der Waals surface area contributed by atoms with Crippen LogP contribution in [0.15, 0.2) is 17.5 Å². The number of unbranched alkanes of at least 4 members (excludes halogenated alkanes) is 2. The average molecular weight is 309 g/mol. The van der Waals surface area contributed by atoms with Crippen molar-refractivity contribution in [3.63, 3.8) is 0 Å². The molecule has 0 radical (unpaired) electrons. The predicted molar refractivity (Wildman–Crippen MR) is 68.8 cm³/mol. The van der Waals surface area contributed by atoms with Crippen LogP contribution in [0.1, 0.15) is 24.1 Å². The topological polar surface area (TPSA) is 12.0 Å². The van der Waals surface area contributed by atoms with E-state index in [1.807, 2.05) is 11.3 Å². The van der Waals surface area contributed by atoms with Crippen LogP contribution in [-0.4, -0.2) is 11.0 Å². The summed E-state index contributed by atoms with van der Waals surface area (Å²) < 4.78 is 1.29. The normalized spacial score (nSPS) is 10.5. The third-order valence-electron chi connectivity index (χ3n) is 1.87. The van der Waals surface area contributed by atoms with E-state index in [0.717, 1.165) is 13.1 Å². The van der Waals surface area contributed by atoms with E-state index >= 15 is 0 Å². The van der Waals surface area contributed by atoms with Crippen LogP contribution in [-0.2, 0) is 6.54 Å². The van der Waals surface area contributed by atoms with E-state index in [1.54, 1.807) is 0 Å². The first kappa shape index (κ1) is 11.5. The van der Waals surface area contributed by atoms with Crippen LogP contribution >= 0.6 is 33.9 Å². The maximum Gasteiger partial charge on any atom is 0.0299 e. The summed E-state index contributed by atoms with van der Waals surface area (Å²) in [7, 11) is 0. The molecule has 0 bridgehead atoms. The van der Waals surface area contributed by atoms with Crippen LogP contribution in [0.3, 0.4) is 0 Å². The van der Waals surface area contributed by atoms with Crippen LogP contribution in [0.25, 0.3) is 0 Å². The van der Waals surface area contributed by atoms with Gasteiger partial charge >= 0.3 is 0 Å². The van der Waals surface area contributed by atoms with Crippen LogP contribution in [0.5, 0.6) is 0 Å². The Hall–Kier alpha value is 0.390. The van der Waals surface area contributed by atoms with E-state index in [1.165, 1.54) is 28.6 Å². The van der Waals surface area contributed by atoms with E-state index in [9.17, 15) is 0 Å². The molecule has 74 valence electrons. The molecule has 0 saturated heterocycles. The summed E-state index contributed by atoms with van der Waals surface area (Å²) in [5.74, 6) is 0. The van der Waals surface area contributed by atoms with Crippen molar-refractivity contribution in [3.8, 4) is 0 Å². The Labute approximate surface area is 98.1 Å². The standard InChI is InChI=1S/C10H16INS/c11-6-2-1-3-7-12-9-10-5-4-8-13-10/h4-5,8,12H,1-3,6-7,9H2. The lowest BCUT2D eigenvalue weighted by Gasteiger charge is -2.01. The second kappa shape index (κ2) is 7.76. The summed E-state index contributed by atoms with van der Waals surface area (Å²) in [4.78, 5) is 1.44. The Kier molecular flexibility index (Phi) is 6.85. The average Bonchev–Trinajstić information content (AvgIpc) is 2.63. The van der Waals surface area contributed by atoms with Crippen molar-refractivity contribution in [1.29, 1.82) is 0 Å². The van der Waals surface area contributed by atoms with E-state index in [-0.39, 0.29) is 0 Å². The first-order valence-electron chi connectivity index (χ1n) is 4.72. The largest absolute Gasteiger partial charge is 0.312 e. The monoisotopic (exact) mass is 309 g/mol. The Morgan fingerprint density at radius 2 is 2.23 bits per heavy atom. The molecule has 0 aliphatic carbocycles. The van der Waals surface area contributed by atoms with Gasteiger partial charge in [-0.25, -0.2) is 0 Å². The van der Waals surface area contributed by atoms with Crippen molar-refractivity contribution in [3.05, 3.63) is 22.4 Å². The lowest BCUT2D eigenvalue weighted by Crippen LogP contribution is -2.13. The maximum absolute atomic E-state index is 3.45. The van der Waals surface area contributed by atoms with E-state index < -0.39 is 0 Å². The van der Waals surface area contributed by atoms with Gasteiger partial charge < -0.3 is 5.32 Å². The molecule has 1 nitrogen and oxygen atoms in total. The van der Waals surface area contributed by atoms with Crippen molar-refractivity contribution in [2.75, 3.05) is 11.0 Å². The smallest absolute Gasteiger partial charge is 0.0299 e. The number of thiophene rings is 1. The molecule has 1 heterocycles. The molecular formula is C10H16INS. The highest BCUT2D eigenvalue weighted by molar-refractivity contribution is 14.1. The van der Waals surface area contributed by atoms with E-state index in [2.05, 4.69) is 45.4 Å². The zero-order valence-corrected chi connectivity index (χ0v) is 10.7. The van der Waals surface area contributed by atoms with Crippen molar-refractivity contribution >= 4 is 33.9 Å². The SMILES string of the molecule is ICCCCCNCc1cccs1. The first-order valence-corrected chi connectivity index (χ1v) is 7.13. The van der Waals surface area contributed by atoms with Crippen molar-refractivity contribution in [2.45, 2.75) is 25.8 Å². The zero-order chi connectivity index (χ0) is 9.36. The van der Waals surface area contributed by atoms with Gasteiger partial charge in [0.05, 0.1) is 0 Å². The first-order chi connectivity index (χ1) is 6.43. The van der Waals surface area contributed by atoms with Crippen molar-refractivity contribution < 1.29 is 0 Å². The molecular weight excluding hydrogens is 293 g/mol. The van der Waals surface area contributed by atoms with Crippen LogP contribution in [0, 0.1) is 0 Å². The number of hydrogen-bond acceptors (Lipinski definition) is 2. The van der Waals surface area contributed by atoms with Gasteiger partial charge in [0.1, 0.15) is 0 Å². The number of halogens is 1. The Morgan fingerprint density at radius 3 is 2.92 bits per heavy atom. The highest BCUT2D eigenvalue weighted by Gasteiger charge is 1.92.